The van der Waals surface area contributed by atoms with Gasteiger partial charge >= 0.3 is 0 Å². The Morgan fingerprint density at radius 3 is 2.02 bits per heavy atom. The Bertz CT molecular complexity index is 3950. The number of nitrogens with one attached hydrogen (secondary N) is 1. The molecule has 0 amide bonds. The molecule has 4 heteroatoms. The molecule has 3 heterocycles. The van der Waals surface area contributed by atoms with E-state index in [9.17, 15) is 0 Å². The van der Waals surface area contributed by atoms with Gasteiger partial charge in [0, 0.05) is 79.1 Å². The van der Waals surface area contributed by atoms with Crippen LogP contribution < -0.4 is 4.90 Å². The molecule has 0 spiro atoms. The standard InChI is InChI=1S/C55H34N2S2/c1-55(2)42-27-35(19-22-38(42)50-41-21-16-33-26-48-53(39-13-7-8-14-45(39)58-48)54-49(33)52(41)44(56-54)29-43(50)55)57(34-18-15-30-9-3-4-11-32(30)25-34)36-20-23-40-47(28-36)59-46-24-17-31-10-5-6-12-37(31)51(40)46/h3-29,56H,1-2H3. The zero-order valence-corrected chi connectivity index (χ0v) is 34.0. The van der Waals surface area contributed by atoms with Crippen molar-refractivity contribution in [3.8, 4) is 11.1 Å². The van der Waals surface area contributed by atoms with E-state index in [1.165, 1.54) is 122 Å². The highest BCUT2D eigenvalue weighted by molar-refractivity contribution is 7.26. The van der Waals surface area contributed by atoms with Crippen LogP contribution in [0.4, 0.5) is 17.1 Å². The van der Waals surface area contributed by atoms with Crippen LogP contribution in [0, 0.1) is 0 Å². The summed E-state index contributed by atoms with van der Waals surface area (Å²) in [5.41, 5.74) is 11.2. The van der Waals surface area contributed by atoms with E-state index in [1.807, 2.05) is 22.7 Å². The number of fused-ring (bicyclic) bond motifs is 14. The predicted molar refractivity (Wildman–Crippen MR) is 258 cm³/mol. The van der Waals surface area contributed by atoms with Crippen molar-refractivity contribution in [3.63, 3.8) is 0 Å². The average Bonchev–Trinajstić information content (AvgIpc) is 4.01. The molecule has 276 valence electrons. The van der Waals surface area contributed by atoms with Gasteiger partial charge < -0.3 is 9.88 Å². The number of benzene rings is 10. The SMILES string of the molecule is CC1(C)c2cc(N(c3ccc4ccccc4c3)c3ccc4c(c3)sc3ccc5ccccc5c34)ccc2-c2c1cc1[nH]c3c4c(cc5ccc2c1c53)sc1ccccc14. The van der Waals surface area contributed by atoms with Gasteiger partial charge in [-0.25, -0.2) is 0 Å². The van der Waals surface area contributed by atoms with Gasteiger partial charge in [0.25, 0.3) is 0 Å². The van der Waals surface area contributed by atoms with Crippen molar-refractivity contribution < 1.29 is 0 Å². The molecule has 14 rings (SSSR count). The van der Waals surface area contributed by atoms with Crippen molar-refractivity contribution in [2.24, 2.45) is 0 Å². The zero-order chi connectivity index (χ0) is 38.7. The molecular weight excluding hydrogens is 753 g/mol. The van der Waals surface area contributed by atoms with E-state index in [1.54, 1.807) is 0 Å². The fraction of sp³-hybridized carbons (Fsp3) is 0.0545. The first kappa shape index (κ1) is 32.3. The van der Waals surface area contributed by atoms with Gasteiger partial charge in [0.1, 0.15) is 0 Å². The molecule has 0 radical (unpaired) electrons. The topological polar surface area (TPSA) is 19.0 Å². The van der Waals surface area contributed by atoms with E-state index < -0.39 is 0 Å². The highest BCUT2D eigenvalue weighted by Gasteiger charge is 2.38. The molecule has 3 aromatic heterocycles. The van der Waals surface area contributed by atoms with Gasteiger partial charge in [0.05, 0.1) is 5.52 Å². The van der Waals surface area contributed by atoms with Crippen LogP contribution in [-0.2, 0) is 5.41 Å². The molecule has 10 aromatic carbocycles. The van der Waals surface area contributed by atoms with Crippen LogP contribution in [0.3, 0.4) is 0 Å². The van der Waals surface area contributed by atoms with Gasteiger partial charge in [-0.3, -0.25) is 0 Å². The molecule has 1 N–H and O–H groups in total. The number of nitrogens with zero attached hydrogens (tertiary/aromatic N) is 1. The summed E-state index contributed by atoms with van der Waals surface area (Å²) in [5.74, 6) is 0. The van der Waals surface area contributed by atoms with E-state index in [0.29, 0.717) is 0 Å². The number of anilines is 3. The molecule has 0 saturated heterocycles. The van der Waals surface area contributed by atoms with Crippen LogP contribution in [0.15, 0.2) is 164 Å². The maximum atomic E-state index is 4.00. The van der Waals surface area contributed by atoms with Gasteiger partial charge in [-0.15, -0.1) is 22.7 Å². The minimum Gasteiger partial charge on any atom is -0.354 e. The Morgan fingerprint density at radius 2 is 1.10 bits per heavy atom. The Balaban J connectivity index is 0.983. The largest absolute Gasteiger partial charge is 0.354 e. The van der Waals surface area contributed by atoms with Crippen LogP contribution in [0.2, 0.25) is 0 Å². The summed E-state index contributed by atoms with van der Waals surface area (Å²) in [7, 11) is 0. The Morgan fingerprint density at radius 1 is 0.424 bits per heavy atom. The quantitative estimate of drug-likeness (QED) is 0.177. The molecule has 1 aliphatic carbocycles. The van der Waals surface area contributed by atoms with Crippen LogP contribution in [0.1, 0.15) is 25.0 Å². The summed E-state index contributed by atoms with van der Waals surface area (Å²) in [6, 6.07) is 61.7. The number of aromatic amines is 1. The van der Waals surface area contributed by atoms with Gasteiger partial charge in [-0.05, 0) is 115 Å². The van der Waals surface area contributed by atoms with Gasteiger partial charge in [0.2, 0.25) is 0 Å². The maximum absolute atomic E-state index is 4.00. The third-order valence-corrected chi connectivity index (χ3v) is 15.7. The molecule has 0 atom stereocenters. The third kappa shape index (κ3) is 4.24. The lowest BCUT2D eigenvalue weighted by Gasteiger charge is -2.28. The summed E-state index contributed by atoms with van der Waals surface area (Å²) in [6.45, 7) is 4.83. The van der Waals surface area contributed by atoms with Crippen LogP contribution in [0.5, 0.6) is 0 Å². The van der Waals surface area contributed by atoms with Crippen LogP contribution >= 0.6 is 22.7 Å². The third-order valence-electron chi connectivity index (χ3n) is 13.5. The summed E-state index contributed by atoms with van der Waals surface area (Å²) in [5, 5.41) is 15.8. The normalized spacial score (nSPS) is 13.7. The van der Waals surface area contributed by atoms with Gasteiger partial charge in [-0.2, -0.15) is 0 Å². The molecular formula is C55H34N2S2. The van der Waals surface area contributed by atoms with Crippen molar-refractivity contribution in [1.82, 2.24) is 4.98 Å². The number of aromatic nitrogens is 1. The minimum absolute atomic E-state index is 0.216. The Hall–Kier alpha value is -6.72. The summed E-state index contributed by atoms with van der Waals surface area (Å²) < 4.78 is 5.31. The second-order valence-corrected chi connectivity index (χ2v) is 19.1. The second-order valence-electron chi connectivity index (χ2n) is 16.9. The monoisotopic (exact) mass is 786 g/mol. The van der Waals surface area contributed by atoms with Crippen molar-refractivity contribution in [1.29, 1.82) is 0 Å². The fourth-order valence-corrected chi connectivity index (χ4v) is 13.1. The maximum Gasteiger partial charge on any atom is 0.0565 e. The van der Waals surface area contributed by atoms with E-state index >= 15 is 0 Å². The first-order valence-electron chi connectivity index (χ1n) is 20.4. The van der Waals surface area contributed by atoms with Gasteiger partial charge in [0.15, 0.2) is 0 Å². The number of H-pyrrole nitrogens is 1. The summed E-state index contributed by atoms with van der Waals surface area (Å²) >= 11 is 3.78. The molecule has 2 nitrogen and oxygen atoms in total. The number of rotatable bonds is 3. The van der Waals surface area contributed by atoms with Gasteiger partial charge in [-0.1, -0.05) is 117 Å². The smallest absolute Gasteiger partial charge is 0.0565 e. The lowest BCUT2D eigenvalue weighted by atomic mass is 9.81. The first-order chi connectivity index (χ1) is 29.0. The van der Waals surface area contributed by atoms with Crippen molar-refractivity contribution in [2.75, 3.05) is 4.90 Å². The molecule has 0 fully saturated rings. The zero-order valence-electron chi connectivity index (χ0n) is 32.4. The number of hydrogen-bond acceptors (Lipinski definition) is 3. The molecule has 1 aliphatic rings. The van der Waals surface area contributed by atoms with Crippen molar-refractivity contribution in [2.45, 2.75) is 19.3 Å². The Kier molecular flexibility index (Phi) is 6.16. The molecule has 13 aromatic rings. The van der Waals surface area contributed by atoms with E-state index in [4.69, 9.17) is 0 Å². The lowest BCUT2D eigenvalue weighted by molar-refractivity contribution is 0.661. The second kappa shape index (κ2) is 11.3. The van der Waals surface area contributed by atoms with Crippen LogP contribution in [0.25, 0.3) is 106 Å². The lowest BCUT2D eigenvalue weighted by Crippen LogP contribution is -2.16. The first-order valence-corrected chi connectivity index (χ1v) is 22.0. The molecule has 0 unspecified atom stereocenters. The minimum atomic E-state index is -0.216. The van der Waals surface area contributed by atoms with Crippen molar-refractivity contribution >= 4 is 134 Å². The van der Waals surface area contributed by atoms with Crippen LogP contribution in [-0.4, -0.2) is 4.98 Å². The van der Waals surface area contributed by atoms with E-state index in [2.05, 4.69) is 188 Å². The fourth-order valence-electron chi connectivity index (χ4n) is 10.8. The van der Waals surface area contributed by atoms with E-state index in [0.717, 1.165) is 11.4 Å². The Labute approximate surface area is 347 Å². The summed E-state index contributed by atoms with van der Waals surface area (Å²) in [4.78, 5) is 6.47. The molecule has 0 bridgehead atoms. The highest BCUT2D eigenvalue weighted by atomic mass is 32.1. The molecule has 0 aliphatic heterocycles. The summed E-state index contributed by atoms with van der Waals surface area (Å²) in [6.07, 6.45) is 0. The predicted octanol–water partition coefficient (Wildman–Crippen LogP) is 16.7. The average molecular weight is 787 g/mol. The molecule has 0 saturated carbocycles. The number of hydrogen-bond donors (Lipinski definition) is 1. The number of thiophene rings is 2. The van der Waals surface area contributed by atoms with E-state index in [-0.39, 0.29) is 5.41 Å². The molecule has 59 heavy (non-hydrogen) atoms. The highest BCUT2D eigenvalue weighted by Crippen LogP contribution is 2.56. The van der Waals surface area contributed by atoms with Crippen molar-refractivity contribution in [3.05, 3.63) is 175 Å².